The molecule has 0 atom stereocenters. The number of nitrogens with zero attached hydrogens (tertiary/aromatic N) is 3. The fourth-order valence-electron chi connectivity index (χ4n) is 2.99. The highest BCUT2D eigenvalue weighted by Crippen LogP contribution is 2.14. The van der Waals surface area contributed by atoms with Crippen molar-refractivity contribution < 1.29 is 18.9 Å². The van der Waals surface area contributed by atoms with E-state index >= 15 is 0 Å². The van der Waals surface area contributed by atoms with Crippen LogP contribution in [0.5, 0.6) is 5.75 Å². The van der Waals surface area contributed by atoms with Crippen molar-refractivity contribution in [2.24, 2.45) is 5.10 Å². The van der Waals surface area contributed by atoms with Crippen molar-refractivity contribution in [3.63, 3.8) is 0 Å². The summed E-state index contributed by atoms with van der Waals surface area (Å²) in [4.78, 5) is 24.5. The number of ether oxygens (including phenoxy) is 1. The minimum atomic E-state index is -0.647. The minimum absolute atomic E-state index is 0.169. The molecule has 0 bridgehead atoms. The Labute approximate surface area is 174 Å². The average molecular weight is 415 g/mol. The highest BCUT2D eigenvalue weighted by molar-refractivity contribution is 5.94. The summed E-state index contributed by atoms with van der Waals surface area (Å²) in [5.74, 6) is 0.0832. The lowest BCUT2D eigenvalue weighted by Crippen LogP contribution is -2.43. The van der Waals surface area contributed by atoms with Crippen LogP contribution < -0.4 is 15.5 Å². The molecular weight excluding hydrogens is 390 g/mol. The predicted molar refractivity (Wildman–Crippen MR) is 111 cm³/mol. The first-order valence-corrected chi connectivity index (χ1v) is 9.85. The third kappa shape index (κ3) is 6.68. The molecule has 1 amide bonds. The van der Waals surface area contributed by atoms with E-state index in [0.717, 1.165) is 45.6 Å². The van der Waals surface area contributed by atoms with Gasteiger partial charge in [0, 0.05) is 31.7 Å². The maximum atomic E-state index is 12.1. The van der Waals surface area contributed by atoms with Crippen LogP contribution in [0.3, 0.4) is 0 Å². The molecule has 1 aliphatic rings. The van der Waals surface area contributed by atoms with E-state index < -0.39 is 10.8 Å². The second-order valence-corrected chi connectivity index (χ2v) is 6.80. The van der Waals surface area contributed by atoms with Gasteiger partial charge >= 0.3 is 5.88 Å². The van der Waals surface area contributed by atoms with Crippen molar-refractivity contribution in [1.29, 1.82) is 0 Å². The Balaban J connectivity index is 1.36. The zero-order chi connectivity index (χ0) is 21.2. The molecule has 0 unspecified atom stereocenters. The molecule has 30 heavy (non-hydrogen) atoms. The predicted octanol–water partition coefficient (Wildman–Crippen LogP) is 2.02. The van der Waals surface area contributed by atoms with Crippen molar-refractivity contribution in [2.75, 3.05) is 39.3 Å². The van der Waals surface area contributed by atoms with Crippen LogP contribution in [0, 0.1) is 10.1 Å². The Morgan fingerprint density at radius 2 is 2.00 bits per heavy atom. The van der Waals surface area contributed by atoms with E-state index in [-0.39, 0.29) is 11.6 Å². The summed E-state index contributed by atoms with van der Waals surface area (Å²) in [6.07, 6.45) is 3.27. The van der Waals surface area contributed by atoms with Gasteiger partial charge in [-0.2, -0.15) is 5.10 Å². The molecule has 10 heteroatoms. The summed E-state index contributed by atoms with van der Waals surface area (Å²) >= 11 is 0. The Hall–Kier alpha value is -3.24. The SMILES string of the molecule is O=C(N/N=C/c1ccc([N+](=O)[O-])o1)c1ccc(OCCCCN2CCNCC2)cc1. The number of unbranched alkanes of at least 4 members (excludes halogenated alkanes) is 1. The lowest BCUT2D eigenvalue weighted by atomic mass is 10.2. The summed E-state index contributed by atoms with van der Waals surface area (Å²) in [6, 6.07) is 9.39. The number of furan rings is 1. The van der Waals surface area contributed by atoms with Crippen LogP contribution in [0.1, 0.15) is 29.0 Å². The van der Waals surface area contributed by atoms with Crippen LogP contribution in [0.15, 0.2) is 45.9 Å². The zero-order valence-electron chi connectivity index (χ0n) is 16.6. The van der Waals surface area contributed by atoms with Gasteiger partial charge in [-0.15, -0.1) is 0 Å². The van der Waals surface area contributed by atoms with Crippen LogP contribution in [0.2, 0.25) is 0 Å². The Kier molecular flexibility index (Phi) is 7.93. The smallest absolute Gasteiger partial charge is 0.433 e. The van der Waals surface area contributed by atoms with Gasteiger partial charge in [0.2, 0.25) is 0 Å². The van der Waals surface area contributed by atoms with Gasteiger partial charge in [-0.3, -0.25) is 14.9 Å². The fraction of sp³-hybridized carbons (Fsp3) is 0.400. The largest absolute Gasteiger partial charge is 0.494 e. The molecule has 0 saturated carbocycles. The Morgan fingerprint density at radius 1 is 1.23 bits per heavy atom. The Morgan fingerprint density at radius 3 is 2.70 bits per heavy atom. The van der Waals surface area contributed by atoms with Crippen molar-refractivity contribution >= 4 is 18.0 Å². The second-order valence-electron chi connectivity index (χ2n) is 6.80. The summed E-state index contributed by atoms with van der Waals surface area (Å²) in [6.45, 7) is 6.07. The van der Waals surface area contributed by atoms with E-state index in [1.54, 1.807) is 24.3 Å². The molecule has 1 aromatic carbocycles. The van der Waals surface area contributed by atoms with E-state index in [1.807, 2.05) is 0 Å². The van der Waals surface area contributed by atoms with Crippen molar-refractivity contribution in [2.45, 2.75) is 12.8 Å². The molecule has 10 nitrogen and oxygen atoms in total. The molecule has 160 valence electrons. The van der Waals surface area contributed by atoms with Crippen LogP contribution in [0.25, 0.3) is 0 Å². The number of hydrazone groups is 1. The van der Waals surface area contributed by atoms with Crippen molar-refractivity contribution in [3.05, 3.63) is 57.8 Å². The number of rotatable bonds is 10. The van der Waals surface area contributed by atoms with Crippen LogP contribution >= 0.6 is 0 Å². The third-order valence-corrected chi connectivity index (χ3v) is 4.61. The maximum absolute atomic E-state index is 12.1. The highest BCUT2D eigenvalue weighted by atomic mass is 16.6. The standard InChI is InChI=1S/C20H25N5O5/c26-20(23-22-15-18-7-8-19(30-18)25(27)28)16-3-5-17(6-4-16)29-14-2-1-11-24-12-9-21-10-13-24/h3-8,15,21H,1-2,9-14H2,(H,23,26)/b22-15+. The number of amides is 1. The number of piperazine rings is 1. The summed E-state index contributed by atoms with van der Waals surface area (Å²) in [5, 5.41) is 17.6. The van der Waals surface area contributed by atoms with E-state index in [4.69, 9.17) is 9.15 Å². The van der Waals surface area contributed by atoms with E-state index in [1.165, 1.54) is 18.3 Å². The molecule has 1 aliphatic heterocycles. The Bertz CT molecular complexity index is 859. The average Bonchev–Trinajstić information content (AvgIpc) is 3.24. The molecule has 2 aromatic rings. The van der Waals surface area contributed by atoms with E-state index in [0.29, 0.717) is 17.9 Å². The molecule has 2 heterocycles. The van der Waals surface area contributed by atoms with Gasteiger partial charge in [-0.05, 0) is 49.7 Å². The number of hydrogen-bond donors (Lipinski definition) is 2. The quantitative estimate of drug-likeness (QED) is 0.263. The number of benzene rings is 1. The molecule has 0 spiro atoms. The monoisotopic (exact) mass is 415 g/mol. The number of nitro groups is 1. The van der Waals surface area contributed by atoms with Gasteiger partial charge in [-0.25, -0.2) is 5.43 Å². The van der Waals surface area contributed by atoms with Gasteiger partial charge in [0.1, 0.15) is 10.7 Å². The van der Waals surface area contributed by atoms with Gasteiger partial charge in [-0.1, -0.05) is 0 Å². The fourth-order valence-corrected chi connectivity index (χ4v) is 2.99. The molecule has 1 fully saturated rings. The summed E-state index contributed by atoms with van der Waals surface area (Å²) in [7, 11) is 0. The van der Waals surface area contributed by atoms with E-state index in [9.17, 15) is 14.9 Å². The summed E-state index contributed by atoms with van der Waals surface area (Å²) < 4.78 is 10.6. The zero-order valence-corrected chi connectivity index (χ0v) is 16.6. The first kappa shape index (κ1) is 21.5. The molecule has 1 saturated heterocycles. The molecule has 3 rings (SSSR count). The number of carbonyl (C=O) groups excluding carboxylic acids is 1. The third-order valence-electron chi connectivity index (χ3n) is 4.61. The van der Waals surface area contributed by atoms with Gasteiger partial charge in [0.05, 0.1) is 18.9 Å². The van der Waals surface area contributed by atoms with Gasteiger partial charge < -0.3 is 19.4 Å². The molecular formula is C20H25N5O5. The van der Waals surface area contributed by atoms with Gasteiger partial charge in [0.15, 0.2) is 5.76 Å². The molecule has 2 N–H and O–H groups in total. The first-order chi connectivity index (χ1) is 14.6. The van der Waals surface area contributed by atoms with Crippen molar-refractivity contribution in [3.8, 4) is 5.75 Å². The topological polar surface area (TPSA) is 122 Å². The number of carbonyl (C=O) groups is 1. The van der Waals surface area contributed by atoms with Crippen LogP contribution in [-0.2, 0) is 0 Å². The summed E-state index contributed by atoms with van der Waals surface area (Å²) in [5.41, 5.74) is 2.77. The van der Waals surface area contributed by atoms with Crippen molar-refractivity contribution in [1.82, 2.24) is 15.6 Å². The lowest BCUT2D eigenvalue weighted by molar-refractivity contribution is -0.402. The molecule has 1 aromatic heterocycles. The second kappa shape index (κ2) is 11.1. The highest BCUT2D eigenvalue weighted by Gasteiger charge is 2.11. The van der Waals surface area contributed by atoms with Gasteiger partial charge in [0.25, 0.3) is 5.91 Å². The van der Waals surface area contributed by atoms with Crippen LogP contribution in [0.4, 0.5) is 5.88 Å². The molecule has 0 aliphatic carbocycles. The normalized spacial score (nSPS) is 14.7. The number of hydrogen-bond acceptors (Lipinski definition) is 8. The first-order valence-electron chi connectivity index (χ1n) is 9.85. The lowest BCUT2D eigenvalue weighted by Gasteiger charge is -2.26. The van der Waals surface area contributed by atoms with Crippen LogP contribution in [-0.4, -0.2) is 61.3 Å². The minimum Gasteiger partial charge on any atom is -0.494 e. The number of nitrogens with one attached hydrogen (secondary N) is 2. The molecule has 0 radical (unpaired) electrons. The maximum Gasteiger partial charge on any atom is 0.433 e. The van der Waals surface area contributed by atoms with E-state index in [2.05, 4.69) is 20.7 Å².